The first-order valence-electron chi connectivity index (χ1n) is 8.22. The van der Waals surface area contributed by atoms with E-state index < -0.39 is 27.2 Å². The Morgan fingerprint density at radius 2 is 1.96 bits per heavy atom. The molecule has 1 fully saturated rings. The minimum absolute atomic E-state index is 0.0980. The zero-order chi connectivity index (χ0) is 18.7. The molecule has 0 aromatic rings. The highest BCUT2D eigenvalue weighted by molar-refractivity contribution is 14.1. The smallest absolute Gasteiger partial charge is 0.408 e. The summed E-state index contributed by atoms with van der Waals surface area (Å²) in [6.07, 6.45) is 1.29. The van der Waals surface area contributed by atoms with Crippen molar-refractivity contribution in [3.05, 3.63) is 0 Å². The van der Waals surface area contributed by atoms with Crippen LogP contribution in [-0.2, 0) is 14.3 Å². The molecule has 3 amide bonds. The van der Waals surface area contributed by atoms with Gasteiger partial charge < -0.3 is 20.7 Å². The lowest BCUT2D eigenvalue weighted by Gasteiger charge is -2.35. The molecule has 0 aromatic heterocycles. The molecule has 8 heteroatoms. The largest absolute Gasteiger partial charge is 0.444 e. The van der Waals surface area contributed by atoms with Crippen LogP contribution in [0.5, 0.6) is 0 Å². The number of carbonyl (C=O) groups is 3. The van der Waals surface area contributed by atoms with E-state index in [0.717, 1.165) is 0 Å². The van der Waals surface area contributed by atoms with Gasteiger partial charge in [-0.25, -0.2) is 4.79 Å². The molecule has 1 aliphatic heterocycles. The predicted octanol–water partition coefficient (Wildman–Crippen LogP) is 2.16. The first kappa shape index (κ1) is 21.0. The Labute approximate surface area is 157 Å². The summed E-state index contributed by atoms with van der Waals surface area (Å²) in [6, 6.07) is -0.753. The van der Waals surface area contributed by atoms with Crippen LogP contribution in [0.4, 0.5) is 4.79 Å². The van der Waals surface area contributed by atoms with E-state index in [1.54, 1.807) is 20.8 Å². The Kier molecular flexibility index (Phi) is 6.89. The number of hydrogen-bond acceptors (Lipinski definition) is 4. The summed E-state index contributed by atoms with van der Waals surface area (Å²) in [5.74, 6) is -0.922. The molecule has 0 bridgehead atoms. The molecule has 0 saturated carbocycles. The maximum Gasteiger partial charge on any atom is 0.408 e. The van der Waals surface area contributed by atoms with Crippen molar-refractivity contribution in [3.63, 3.8) is 0 Å². The van der Waals surface area contributed by atoms with Gasteiger partial charge >= 0.3 is 6.09 Å². The first-order valence-corrected chi connectivity index (χ1v) is 9.30. The fourth-order valence-electron chi connectivity index (χ4n) is 2.61. The van der Waals surface area contributed by atoms with Gasteiger partial charge in [0.15, 0.2) is 3.55 Å². The number of alkyl halides is 1. The quantitative estimate of drug-likeness (QED) is 0.379. The molecular formula is C16H28IN3O4. The number of likely N-dealkylation sites (tertiary alicyclic amines) is 1. The van der Waals surface area contributed by atoms with Crippen LogP contribution in [-0.4, -0.2) is 44.5 Å². The van der Waals surface area contributed by atoms with Gasteiger partial charge in [-0.3, -0.25) is 9.59 Å². The van der Waals surface area contributed by atoms with E-state index in [0.29, 0.717) is 25.8 Å². The summed E-state index contributed by atoms with van der Waals surface area (Å²) in [6.45, 7) is 9.56. The number of hydrogen-bond donors (Lipinski definition) is 2. The van der Waals surface area contributed by atoms with Crippen LogP contribution in [0, 0.1) is 5.92 Å². The standard InChI is InChI=1S/C16H28IN3O4/c1-6-10(2)11(19-14(23)24-15(3,4)5)12(21)20-9-7-8-16(20,17)13(18)22/h10-11H,6-9H2,1-5H3,(H2,18,22)(H,19,23)/t10?,11-,16+/m0/s1. The molecule has 3 N–H and O–H groups in total. The third-order valence-electron chi connectivity index (χ3n) is 4.11. The molecule has 1 aliphatic rings. The van der Waals surface area contributed by atoms with Crippen LogP contribution < -0.4 is 11.1 Å². The maximum atomic E-state index is 13.0. The van der Waals surface area contributed by atoms with Gasteiger partial charge in [0.2, 0.25) is 5.91 Å². The molecule has 0 aliphatic carbocycles. The summed E-state index contributed by atoms with van der Waals surface area (Å²) >= 11 is 1.94. The molecule has 0 radical (unpaired) electrons. The van der Waals surface area contributed by atoms with Crippen LogP contribution in [0.3, 0.4) is 0 Å². The summed E-state index contributed by atoms with van der Waals surface area (Å²) in [4.78, 5) is 38.4. The molecule has 3 atom stereocenters. The highest BCUT2D eigenvalue weighted by Gasteiger charge is 2.48. The zero-order valence-corrected chi connectivity index (χ0v) is 17.2. The van der Waals surface area contributed by atoms with Crippen molar-refractivity contribution in [2.24, 2.45) is 11.7 Å². The highest BCUT2D eigenvalue weighted by Crippen LogP contribution is 2.36. The number of amides is 3. The molecule has 0 aromatic carbocycles. The Hall–Kier alpha value is -1.06. The Balaban J connectivity index is 2.98. The van der Waals surface area contributed by atoms with E-state index >= 15 is 0 Å². The molecule has 24 heavy (non-hydrogen) atoms. The average Bonchev–Trinajstić information content (AvgIpc) is 2.84. The predicted molar refractivity (Wildman–Crippen MR) is 99.5 cm³/mol. The van der Waals surface area contributed by atoms with E-state index in [2.05, 4.69) is 5.32 Å². The van der Waals surface area contributed by atoms with E-state index in [9.17, 15) is 14.4 Å². The van der Waals surface area contributed by atoms with E-state index in [4.69, 9.17) is 10.5 Å². The van der Waals surface area contributed by atoms with Gasteiger partial charge in [0.1, 0.15) is 11.6 Å². The lowest BCUT2D eigenvalue weighted by molar-refractivity contribution is -0.140. The molecule has 1 rings (SSSR count). The van der Waals surface area contributed by atoms with Gasteiger partial charge in [-0.05, 0) is 62.1 Å². The molecule has 1 heterocycles. The molecule has 1 unspecified atom stereocenters. The van der Waals surface area contributed by atoms with Crippen LogP contribution in [0.1, 0.15) is 53.9 Å². The summed E-state index contributed by atoms with van der Waals surface area (Å²) in [7, 11) is 0. The zero-order valence-electron chi connectivity index (χ0n) is 15.0. The van der Waals surface area contributed by atoms with Crippen molar-refractivity contribution in [3.8, 4) is 0 Å². The minimum atomic E-state index is -1.03. The molecular weight excluding hydrogens is 425 g/mol. The Bertz CT molecular complexity index is 506. The number of alkyl carbamates (subject to hydrolysis) is 1. The highest BCUT2D eigenvalue weighted by atomic mass is 127. The van der Waals surface area contributed by atoms with Crippen LogP contribution in [0.25, 0.3) is 0 Å². The van der Waals surface area contributed by atoms with Crippen LogP contribution in [0.15, 0.2) is 0 Å². The van der Waals surface area contributed by atoms with Crippen molar-refractivity contribution >= 4 is 40.5 Å². The number of primary amides is 1. The van der Waals surface area contributed by atoms with E-state index in [1.165, 1.54) is 4.90 Å². The third kappa shape index (κ3) is 4.97. The van der Waals surface area contributed by atoms with Gasteiger partial charge in [0.05, 0.1) is 0 Å². The monoisotopic (exact) mass is 453 g/mol. The van der Waals surface area contributed by atoms with Crippen LogP contribution in [0.2, 0.25) is 0 Å². The number of ether oxygens (including phenoxy) is 1. The average molecular weight is 453 g/mol. The second kappa shape index (κ2) is 7.88. The van der Waals surface area contributed by atoms with Crippen molar-refractivity contribution in [1.29, 1.82) is 0 Å². The maximum absolute atomic E-state index is 13.0. The topological polar surface area (TPSA) is 102 Å². The fraction of sp³-hybridized carbons (Fsp3) is 0.812. The number of carbonyl (C=O) groups excluding carboxylic acids is 3. The molecule has 0 spiro atoms. The van der Waals surface area contributed by atoms with Crippen molar-refractivity contribution < 1.29 is 19.1 Å². The lowest BCUT2D eigenvalue weighted by atomic mass is 9.97. The SMILES string of the molecule is CCC(C)[C@H](NC(=O)OC(C)(C)C)C(=O)N1CCC[C@]1(I)C(N)=O. The van der Waals surface area contributed by atoms with Crippen molar-refractivity contribution in [2.75, 3.05) is 6.54 Å². The Morgan fingerprint density at radius 3 is 2.42 bits per heavy atom. The molecule has 1 saturated heterocycles. The van der Waals surface area contributed by atoms with Crippen molar-refractivity contribution in [1.82, 2.24) is 10.2 Å². The van der Waals surface area contributed by atoms with Gasteiger partial charge in [-0.15, -0.1) is 0 Å². The second-order valence-electron chi connectivity index (χ2n) is 7.23. The van der Waals surface area contributed by atoms with Crippen LogP contribution >= 0.6 is 22.6 Å². The number of halogens is 1. The van der Waals surface area contributed by atoms with E-state index in [1.807, 2.05) is 36.4 Å². The van der Waals surface area contributed by atoms with Crippen molar-refractivity contribution in [2.45, 2.75) is 69.1 Å². The van der Waals surface area contributed by atoms with E-state index in [-0.39, 0.29) is 11.8 Å². The number of nitrogens with two attached hydrogens (primary N) is 1. The third-order valence-corrected chi connectivity index (χ3v) is 5.77. The number of nitrogens with zero attached hydrogens (tertiary/aromatic N) is 1. The van der Waals surface area contributed by atoms with Gasteiger partial charge in [0, 0.05) is 6.54 Å². The summed E-state index contributed by atoms with van der Waals surface area (Å²) in [5, 5.41) is 2.67. The fourth-order valence-corrected chi connectivity index (χ4v) is 3.47. The number of nitrogens with one attached hydrogen (secondary N) is 1. The Morgan fingerprint density at radius 1 is 1.38 bits per heavy atom. The molecule has 138 valence electrons. The lowest BCUT2D eigenvalue weighted by Crippen LogP contribution is -2.59. The first-order chi connectivity index (χ1) is 10.9. The number of rotatable bonds is 5. The van der Waals surface area contributed by atoms with Gasteiger partial charge in [-0.1, -0.05) is 20.3 Å². The summed E-state index contributed by atoms with van der Waals surface area (Å²) < 4.78 is 4.23. The van der Waals surface area contributed by atoms with Gasteiger partial charge in [0.25, 0.3) is 5.91 Å². The van der Waals surface area contributed by atoms with Gasteiger partial charge in [-0.2, -0.15) is 0 Å². The normalized spacial score (nSPS) is 23.5. The molecule has 7 nitrogen and oxygen atoms in total. The minimum Gasteiger partial charge on any atom is -0.444 e. The second-order valence-corrected chi connectivity index (χ2v) is 9.01. The summed E-state index contributed by atoms with van der Waals surface area (Å²) in [5.41, 5.74) is 4.85.